The number of carbonyl (C=O) groups excluding carboxylic acids is 1. The van der Waals surface area contributed by atoms with Crippen molar-refractivity contribution in [1.82, 2.24) is 4.90 Å². The molecule has 1 aliphatic heterocycles. The molecule has 0 aromatic rings. The molecular formula is C11H22N2O. The molecule has 82 valence electrons. The van der Waals surface area contributed by atoms with Gasteiger partial charge in [0.1, 0.15) is 0 Å². The summed E-state index contributed by atoms with van der Waals surface area (Å²) in [6, 6.07) is 0.173. The summed E-state index contributed by atoms with van der Waals surface area (Å²) in [5, 5.41) is 0. The first kappa shape index (κ1) is 11.5. The first-order chi connectivity index (χ1) is 6.54. The minimum Gasteiger partial charge on any atom is -0.341 e. The van der Waals surface area contributed by atoms with Crippen LogP contribution in [0.25, 0.3) is 0 Å². The van der Waals surface area contributed by atoms with Gasteiger partial charge in [0.2, 0.25) is 5.91 Å². The summed E-state index contributed by atoms with van der Waals surface area (Å²) in [4.78, 5) is 13.8. The zero-order valence-corrected chi connectivity index (χ0v) is 9.49. The number of hydrogen-bond acceptors (Lipinski definition) is 2. The molecule has 3 atom stereocenters. The van der Waals surface area contributed by atoms with Crippen LogP contribution in [-0.4, -0.2) is 29.9 Å². The van der Waals surface area contributed by atoms with E-state index in [1.807, 2.05) is 11.8 Å². The molecule has 0 radical (unpaired) electrons. The number of likely N-dealkylation sites (tertiary alicyclic amines) is 1. The SMILES string of the molecule is CCC(C)C(=O)N1CC(C)CC(N)C1. The van der Waals surface area contributed by atoms with Crippen molar-refractivity contribution in [2.24, 2.45) is 17.6 Å². The van der Waals surface area contributed by atoms with Crippen molar-refractivity contribution in [3.63, 3.8) is 0 Å². The van der Waals surface area contributed by atoms with E-state index < -0.39 is 0 Å². The highest BCUT2D eigenvalue weighted by Gasteiger charge is 2.27. The third-order valence-corrected chi connectivity index (χ3v) is 3.04. The van der Waals surface area contributed by atoms with Gasteiger partial charge in [0, 0.05) is 25.0 Å². The molecule has 0 aromatic heterocycles. The lowest BCUT2D eigenvalue weighted by Crippen LogP contribution is -2.50. The van der Waals surface area contributed by atoms with E-state index in [0.717, 1.165) is 25.9 Å². The minimum atomic E-state index is 0.146. The fourth-order valence-electron chi connectivity index (χ4n) is 2.07. The Kier molecular flexibility index (Phi) is 3.93. The first-order valence-electron chi connectivity index (χ1n) is 5.59. The van der Waals surface area contributed by atoms with Gasteiger partial charge < -0.3 is 10.6 Å². The standard InChI is InChI=1S/C11H22N2O/c1-4-9(3)11(14)13-6-8(2)5-10(12)7-13/h8-10H,4-7,12H2,1-3H3. The zero-order valence-electron chi connectivity index (χ0n) is 9.49. The van der Waals surface area contributed by atoms with Crippen LogP contribution in [0.5, 0.6) is 0 Å². The van der Waals surface area contributed by atoms with Crippen LogP contribution in [0.1, 0.15) is 33.6 Å². The number of nitrogens with two attached hydrogens (primary N) is 1. The second-order valence-corrected chi connectivity index (χ2v) is 4.65. The molecule has 3 heteroatoms. The number of hydrogen-bond donors (Lipinski definition) is 1. The highest BCUT2D eigenvalue weighted by atomic mass is 16.2. The maximum Gasteiger partial charge on any atom is 0.225 e. The van der Waals surface area contributed by atoms with Crippen molar-refractivity contribution in [2.75, 3.05) is 13.1 Å². The summed E-state index contributed by atoms with van der Waals surface area (Å²) in [5.74, 6) is 0.966. The van der Waals surface area contributed by atoms with Gasteiger partial charge in [-0.15, -0.1) is 0 Å². The van der Waals surface area contributed by atoms with Crippen LogP contribution in [0.15, 0.2) is 0 Å². The van der Waals surface area contributed by atoms with E-state index in [2.05, 4.69) is 13.8 Å². The summed E-state index contributed by atoms with van der Waals surface area (Å²) in [6.45, 7) is 7.84. The van der Waals surface area contributed by atoms with E-state index in [9.17, 15) is 4.79 Å². The molecule has 0 spiro atoms. The molecule has 14 heavy (non-hydrogen) atoms. The molecule has 1 rings (SSSR count). The zero-order chi connectivity index (χ0) is 10.7. The highest BCUT2D eigenvalue weighted by molar-refractivity contribution is 5.78. The van der Waals surface area contributed by atoms with Crippen LogP contribution < -0.4 is 5.73 Å². The Labute approximate surface area is 86.6 Å². The number of rotatable bonds is 2. The van der Waals surface area contributed by atoms with E-state index in [0.29, 0.717) is 5.92 Å². The summed E-state index contributed by atoms with van der Waals surface area (Å²) in [7, 11) is 0. The fourth-order valence-corrected chi connectivity index (χ4v) is 2.07. The van der Waals surface area contributed by atoms with Crippen LogP contribution in [0.2, 0.25) is 0 Å². The molecule has 1 aliphatic rings. The van der Waals surface area contributed by atoms with Gasteiger partial charge in [0.05, 0.1) is 0 Å². The van der Waals surface area contributed by atoms with Gasteiger partial charge in [-0.2, -0.15) is 0 Å². The maximum atomic E-state index is 11.9. The average Bonchev–Trinajstić information content (AvgIpc) is 2.14. The summed E-state index contributed by atoms with van der Waals surface area (Å²) >= 11 is 0. The number of piperidine rings is 1. The largest absolute Gasteiger partial charge is 0.341 e. The number of nitrogens with zero attached hydrogens (tertiary/aromatic N) is 1. The van der Waals surface area contributed by atoms with Crippen molar-refractivity contribution >= 4 is 5.91 Å². The van der Waals surface area contributed by atoms with Gasteiger partial charge in [-0.1, -0.05) is 20.8 Å². The number of carbonyl (C=O) groups is 1. The lowest BCUT2D eigenvalue weighted by Gasteiger charge is -2.36. The highest BCUT2D eigenvalue weighted by Crippen LogP contribution is 2.17. The predicted molar refractivity (Wildman–Crippen MR) is 57.8 cm³/mol. The van der Waals surface area contributed by atoms with Gasteiger partial charge in [-0.05, 0) is 18.8 Å². The Balaban J connectivity index is 2.54. The number of amides is 1. The Bertz CT molecular complexity index is 195. The third-order valence-electron chi connectivity index (χ3n) is 3.04. The Morgan fingerprint density at radius 1 is 1.57 bits per heavy atom. The first-order valence-corrected chi connectivity index (χ1v) is 5.59. The second-order valence-electron chi connectivity index (χ2n) is 4.65. The second kappa shape index (κ2) is 4.78. The van der Waals surface area contributed by atoms with E-state index in [1.165, 1.54) is 0 Å². The molecule has 0 aliphatic carbocycles. The lowest BCUT2D eigenvalue weighted by atomic mass is 9.95. The molecule has 2 N–H and O–H groups in total. The molecular weight excluding hydrogens is 176 g/mol. The van der Waals surface area contributed by atoms with Crippen molar-refractivity contribution in [3.8, 4) is 0 Å². The molecule has 3 unspecified atom stereocenters. The van der Waals surface area contributed by atoms with E-state index in [-0.39, 0.29) is 17.9 Å². The monoisotopic (exact) mass is 198 g/mol. The normalized spacial score (nSPS) is 30.1. The third kappa shape index (κ3) is 2.71. The van der Waals surface area contributed by atoms with Gasteiger partial charge >= 0.3 is 0 Å². The van der Waals surface area contributed by atoms with Crippen molar-refractivity contribution in [1.29, 1.82) is 0 Å². The molecule has 1 heterocycles. The molecule has 0 saturated carbocycles. The van der Waals surface area contributed by atoms with Crippen LogP contribution in [0.4, 0.5) is 0 Å². The van der Waals surface area contributed by atoms with Crippen LogP contribution in [-0.2, 0) is 4.79 Å². The van der Waals surface area contributed by atoms with E-state index in [1.54, 1.807) is 0 Å². The summed E-state index contributed by atoms with van der Waals surface area (Å²) < 4.78 is 0. The Morgan fingerprint density at radius 3 is 2.71 bits per heavy atom. The molecule has 3 nitrogen and oxygen atoms in total. The Morgan fingerprint density at radius 2 is 2.21 bits per heavy atom. The molecule has 1 fully saturated rings. The van der Waals surface area contributed by atoms with Crippen molar-refractivity contribution in [3.05, 3.63) is 0 Å². The lowest BCUT2D eigenvalue weighted by molar-refractivity contribution is -0.137. The van der Waals surface area contributed by atoms with Crippen LogP contribution >= 0.6 is 0 Å². The molecule has 1 amide bonds. The predicted octanol–water partition coefficient (Wildman–Crippen LogP) is 1.23. The van der Waals surface area contributed by atoms with Crippen LogP contribution in [0, 0.1) is 11.8 Å². The van der Waals surface area contributed by atoms with E-state index in [4.69, 9.17) is 5.73 Å². The maximum absolute atomic E-state index is 11.9. The fraction of sp³-hybridized carbons (Fsp3) is 0.909. The van der Waals surface area contributed by atoms with E-state index >= 15 is 0 Å². The quantitative estimate of drug-likeness (QED) is 0.725. The van der Waals surface area contributed by atoms with Gasteiger partial charge in [-0.25, -0.2) is 0 Å². The van der Waals surface area contributed by atoms with Gasteiger partial charge in [-0.3, -0.25) is 4.79 Å². The summed E-state index contributed by atoms with van der Waals surface area (Å²) in [6.07, 6.45) is 1.96. The van der Waals surface area contributed by atoms with Crippen LogP contribution in [0.3, 0.4) is 0 Å². The summed E-state index contributed by atoms with van der Waals surface area (Å²) in [5.41, 5.74) is 5.90. The van der Waals surface area contributed by atoms with Gasteiger partial charge in [0.15, 0.2) is 0 Å². The van der Waals surface area contributed by atoms with Crippen molar-refractivity contribution < 1.29 is 4.79 Å². The topological polar surface area (TPSA) is 46.3 Å². The van der Waals surface area contributed by atoms with Gasteiger partial charge in [0.25, 0.3) is 0 Å². The Hall–Kier alpha value is -0.570. The average molecular weight is 198 g/mol. The molecule has 0 bridgehead atoms. The molecule has 0 aromatic carbocycles. The smallest absolute Gasteiger partial charge is 0.225 e. The van der Waals surface area contributed by atoms with Crippen molar-refractivity contribution in [2.45, 2.75) is 39.7 Å². The minimum absolute atomic E-state index is 0.146. The molecule has 1 saturated heterocycles.